The Morgan fingerprint density at radius 2 is 2.25 bits per heavy atom. The van der Waals surface area contributed by atoms with Gasteiger partial charge in [-0.05, 0) is 13.5 Å². The van der Waals surface area contributed by atoms with Crippen LogP contribution in [-0.2, 0) is 9.53 Å². The maximum Gasteiger partial charge on any atom is 0.237 e. The second kappa shape index (κ2) is 8.43. The van der Waals surface area contributed by atoms with Gasteiger partial charge in [0.1, 0.15) is 0 Å². The Labute approximate surface area is 102 Å². The standard InChI is InChI=1S/C10H21N3O2S/c1-4-13(7-9(11)16)8(2)10(14)12-5-6-15-3/h8H,4-7H2,1-3H3,(H2,11,16)(H,12,14). The van der Waals surface area contributed by atoms with E-state index in [-0.39, 0.29) is 11.9 Å². The van der Waals surface area contributed by atoms with Crippen LogP contribution < -0.4 is 11.1 Å². The molecule has 0 aliphatic heterocycles. The third-order valence-corrected chi connectivity index (χ3v) is 2.43. The molecule has 0 saturated heterocycles. The van der Waals surface area contributed by atoms with Gasteiger partial charge in [-0.3, -0.25) is 9.69 Å². The largest absolute Gasteiger partial charge is 0.392 e. The summed E-state index contributed by atoms with van der Waals surface area (Å²) >= 11 is 4.83. The van der Waals surface area contributed by atoms with Gasteiger partial charge in [-0.2, -0.15) is 0 Å². The number of hydrogen-bond acceptors (Lipinski definition) is 4. The van der Waals surface area contributed by atoms with E-state index in [2.05, 4.69) is 5.32 Å². The molecule has 5 nitrogen and oxygen atoms in total. The van der Waals surface area contributed by atoms with Gasteiger partial charge in [0, 0.05) is 20.2 Å². The maximum atomic E-state index is 11.7. The molecule has 1 amide bonds. The van der Waals surface area contributed by atoms with Crippen molar-refractivity contribution in [2.24, 2.45) is 5.73 Å². The van der Waals surface area contributed by atoms with Gasteiger partial charge in [0.15, 0.2) is 0 Å². The molecule has 0 aromatic heterocycles. The van der Waals surface area contributed by atoms with E-state index in [1.165, 1.54) is 0 Å². The summed E-state index contributed by atoms with van der Waals surface area (Å²) in [4.78, 5) is 14.0. The van der Waals surface area contributed by atoms with Crippen LogP contribution in [0.2, 0.25) is 0 Å². The Balaban J connectivity index is 4.10. The Bertz CT molecular complexity index is 236. The van der Waals surface area contributed by atoms with Crippen LogP contribution in [-0.4, -0.2) is 55.2 Å². The highest BCUT2D eigenvalue weighted by Gasteiger charge is 2.19. The second-order valence-electron chi connectivity index (χ2n) is 3.49. The molecule has 94 valence electrons. The van der Waals surface area contributed by atoms with Crippen LogP contribution in [0.4, 0.5) is 0 Å². The van der Waals surface area contributed by atoms with Crippen LogP contribution in [0.3, 0.4) is 0 Å². The normalized spacial score (nSPS) is 12.5. The van der Waals surface area contributed by atoms with Crippen LogP contribution in [0, 0.1) is 0 Å². The van der Waals surface area contributed by atoms with Crippen molar-refractivity contribution in [3.63, 3.8) is 0 Å². The predicted octanol–water partition coefficient (Wildman–Crippen LogP) is -0.254. The molecule has 0 aromatic rings. The first-order chi connectivity index (χ1) is 7.52. The highest BCUT2D eigenvalue weighted by atomic mass is 32.1. The zero-order valence-corrected chi connectivity index (χ0v) is 11.0. The molecule has 0 rings (SSSR count). The lowest BCUT2D eigenvalue weighted by Crippen LogP contribution is -2.48. The fourth-order valence-electron chi connectivity index (χ4n) is 1.31. The molecular weight excluding hydrogens is 226 g/mol. The number of likely N-dealkylation sites (N-methyl/N-ethyl adjacent to an activating group) is 1. The number of methoxy groups -OCH3 is 1. The van der Waals surface area contributed by atoms with Crippen LogP contribution in [0.1, 0.15) is 13.8 Å². The van der Waals surface area contributed by atoms with Gasteiger partial charge < -0.3 is 15.8 Å². The Kier molecular flexibility index (Phi) is 8.05. The number of rotatable bonds is 8. The van der Waals surface area contributed by atoms with Crippen LogP contribution in [0.5, 0.6) is 0 Å². The minimum absolute atomic E-state index is 0.0323. The van der Waals surface area contributed by atoms with E-state index in [4.69, 9.17) is 22.7 Å². The van der Waals surface area contributed by atoms with E-state index in [0.29, 0.717) is 24.7 Å². The SMILES string of the molecule is CCN(CC(N)=S)C(C)C(=O)NCCOC. The average molecular weight is 247 g/mol. The summed E-state index contributed by atoms with van der Waals surface area (Å²) in [5, 5.41) is 2.78. The number of thiocarbonyl (C=S) groups is 1. The van der Waals surface area contributed by atoms with Gasteiger partial charge in [-0.15, -0.1) is 0 Å². The lowest BCUT2D eigenvalue weighted by atomic mass is 10.2. The van der Waals surface area contributed by atoms with Crippen molar-refractivity contribution in [3.05, 3.63) is 0 Å². The first-order valence-corrected chi connectivity index (χ1v) is 5.72. The average Bonchev–Trinajstić information content (AvgIpc) is 2.24. The third-order valence-electron chi connectivity index (χ3n) is 2.30. The molecule has 1 unspecified atom stereocenters. The molecule has 1 atom stereocenters. The number of carbonyl (C=O) groups excluding carboxylic acids is 1. The van der Waals surface area contributed by atoms with Crippen molar-refractivity contribution in [2.75, 3.05) is 33.4 Å². The van der Waals surface area contributed by atoms with E-state index < -0.39 is 0 Å². The van der Waals surface area contributed by atoms with Crippen LogP contribution in [0.15, 0.2) is 0 Å². The highest BCUT2D eigenvalue weighted by Crippen LogP contribution is 1.98. The summed E-state index contributed by atoms with van der Waals surface area (Å²) < 4.78 is 4.85. The van der Waals surface area contributed by atoms with Crippen molar-refractivity contribution in [2.45, 2.75) is 19.9 Å². The molecule has 0 aliphatic carbocycles. The molecule has 0 radical (unpaired) electrons. The van der Waals surface area contributed by atoms with Crippen molar-refractivity contribution < 1.29 is 9.53 Å². The topological polar surface area (TPSA) is 67.6 Å². The zero-order valence-electron chi connectivity index (χ0n) is 10.2. The van der Waals surface area contributed by atoms with E-state index in [1.54, 1.807) is 7.11 Å². The monoisotopic (exact) mass is 247 g/mol. The second-order valence-corrected chi connectivity index (χ2v) is 4.01. The number of nitrogens with zero attached hydrogens (tertiary/aromatic N) is 1. The van der Waals surface area contributed by atoms with Crippen LogP contribution >= 0.6 is 12.2 Å². The van der Waals surface area contributed by atoms with Crippen LogP contribution in [0.25, 0.3) is 0 Å². The first-order valence-electron chi connectivity index (χ1n) is 5.31. The summed E-state index contributed by atoms with van der Waals surface area (Å²) in [6, 6.07) is -0.233. The Morgan fingerprint density at radius 3 is 2.69 bits per heavy atom. The van der Waals surface area contributed by atoms with Gasteiger partial charge >= 0.3 is 0 Å². The molecule has 3 N–H and O–H groups in total. The number of amides is 1. The molecule has 0 saturated carbocycles. The molecule has 6 heteroatoms. The summed E-state index contributed by atoms with van der Waals surface area (Å²) in [5.74, 6) is -0.0323. The third kappa shape index (κ3) is 5.99. The van der Waals surface area contributed by atoms with Crippen molar-refractivity contribution in [1.29, 1.82) is 0 Å². The number of ether oxygens (including phenoxy) is 1. The van der Waals surface area contributed by atoms with Crippen molar-refractivity contribution in [3.8, 4) is 0 Å². The molecule has 0 fully saturated rings. The predicted molar refractivity (Wildman–Crippen MR) is 68.4 cm³/mol. The molecular formula is C10H21N3O2S. The molecule has 0 spiro atoms. The Hall–Kier alpha value is -0.720. The fraction of sp³-hybridized carbons (Fsp3) is 0.800. The minimum Gasteiger partial charge on any atom is -0.392 e. The summed E-state index contributed by atoms with van der Waals surface area (Å²) in [7, 11) is 1.60. The van der Waals surface area contributed by atoms with Crippen molar-refractivity contribution >= 4 is 23.1 Å². The van der Waals surface area contributed by atoms with Gasteiger partial charge in [0.2, 0.25) is 5.91 Å². The number of nitrogens with one attached hydrogen (secondary N) is 1. The number of hydrogen-bond donors (Lipinski definition) is 2. The molecule has 0 bridgehead atoms. The maximum absolute atomic E-state index is 11.7. The number of carbonyl (C=O) groups is 1. The van der Waals surface area contributed by atoms with E-state index >= 15 is 0 Å². The van der Waals surface area contributed by atoms with Gasteiger partial charge in [-0.1, -0.05) is 19.1 Å². The molecule has 0 aliphatic rings. The number of nitrogens with two attached hydrogens (primary N) is 1. The summed E-state index contributed by atoms with van der Waals surface area (Å²) in [6.07, 6.45) is 0. The van der Waals surface area contributed by atoms with Gasteiger partial charge in [0.05, 0.1) is 17.6 Å². The van der Waals surface area contributed by atoms with Crippen molar-refractivity contribution in [1.82, 2.24) is 10.2 Å². The minimum atomic E-state index is -0.233. The van der Waals surface area contributed by atoms with Gasteiger partial charge in [0.25, 0.3) is 0 Å². The lowest BCUT2D eigenvalue weighted by Gasteiger charge is -2.26. The van der Waals surface area contributed by atoms with E-state index in [9.17, 15) is 4.79 Å². The summed E-state index contributed by atoms with van der Waals surface area (Å²) in [6.45, 7) is 6.03. The zero-order chi connectivity index (χ0) is 12.6. The molecule has 0 heterocycles. The molecule has 0 aromatic carbocycles. The molecule has 16 heavy (non-hydrogen) atoms. The van der Waals surface area contributed by atoms with Gasteiger partial charge in [-0.25, -0.2) is 0 Å². The van der Waals surface area contributed by atoms with E-state index in [0.717, 1.165) is 6.54 Å². The first kappa shape index (κ1) is 15.3. The lowest BCUT2D eigenvalue weighted by molar-refractivity contribution is -0.125. The Morgan fingerprint density at radius 1 is 1.62 bits per heavy atom. The highest BCUT2D eigenvalue weighted by molar-refractivity contribution is 7.80. The smallest absolute Gasteiger partial charge is 0.237 e. The van der Waals surface area contributed by atoms with E-state index in [1.807, 2.05) is 18.7 Å². The summed E-state index contributed by atoms with van der Waals surface area (Å²) in [5.41, 5.74) is 5.47. The fourth-order valence-corrected chi connectivity index (χ4v) is 1.48. The quantitative estimate of drug-likeness (QED) is 0.457.